The van der Waals surface area contributed by atoms with Gasteiger partial charge in [-0.25, -0.2) is 9.37 Å². The standard InChI is InChI=1S/C18H12FN3S/c19-15-9-5-4-8-13(15)14-10-20-18-21-16(11-22(18)17(14)23)12-6-2-1-3-7-12/h1-11H,(H,20,21). The Labute approximate surface area is 137 Å². The highest BCUT2D eigenvalue weighted by atomic mass is 32.1. The van der Waals surface area contributed by atoms with Gasteiger partial charge in [-0.3, -0.25) is 4.40 Å². The number of nitrogens with zero attached hydrogens (tertiary/aromatic N) is 2. The molecule has 5 heteroatoms. The van der Waals surface area contributed by atoms with Gasteiger partial charge in [0.25, 0.3) is 0 Å². The van der Waals surface area contributed by atoms with E-state index in [1.54, 1.807) is 28.8 Å². The maximum Gasteiger partial charge on any atom is 0.212 e. The van der Waals surface area contributed by atoms with Gasteiger partial charge in [0.15, 0.2) is 0 Å². The van der Waals surface area contributed by atoms with Crippen LogP contribution in [0.4, 0.5) is 4.39 Å². The lowest BCUT2D eigenvalue weighted by Crippen LogP contribution is -1.94. The van der Waals surface area contributed by atoms with E-state index in [1.807, 2.05) is 36.5 Å². The summed E-state index contributed by atoms with van der Waals surface area (Å²) in [6.45, 7) is 0. The summed E-state index contributed by atoms with van der Waals surface area (Å²) in [5.41, 5.74) is 3.02. The van der Waals surface area contributed by atoms with E-state index in [1.165, 1.54) is 6.07 Å². The van der Waals surface area contributed by atoms with Gasteiger partial charge in [-0.2, -0.15) is 0 Å². The molecule has 0 fully saturated rings. The van der Waals surface area contributed by atoms with Gasteiger partial charge in [-0.15, -0.1) is 0 Å². The van der Waals surface area contributed by atoms with Crippen molar-refractivity contribution in [2.75, 3.05) is 0 Å². The third-order valence-corrected chi connectivity index (χ3v) is 4.16. The Kier molecular flexibility index (Phi) is 3.28. The molecular weight excluding hydrogens is 309 g/mol. The molecule has 0 atom stereocenters. The van der Waals surface area contributed by atoms with Crippen LogP contribution in [0.3, 0.4) is 0 Å². The van der Waals surface area contributed by atoms with E-state index in [0.717, 1.165) is 11.3 Å². The Morgan fingerprint density at radius 2 is 1.70 bits per heavy atom. The molecule has 2 heterocycles. The van der Waals surface area contributed by atoms with Crippen molar-refractivity contribution >= 4 is 18.0 Å². The van der Waals surface area contributed by atoms with E-state index in [4.69, 9.17) is 12.2 Å². The van der Waals surface area contributed by atoms with Crippen LogP contribution in [0, 0.1) is 10.5 Å². The number of rotatable bonds is 2. The second-order valence-electron chi connectivity index (χ2n) is 5.18. The lowest BCUT2D eigenvalue weighted by atomic mass is 10.1. The van der Waals surface area contributed by atoms with Crippen LogP contribution in [0.1, 0.15) is 0 Å². The van der Waals surface area contributed by atoms with Gasteiger partial charge in [0.2, 0.25) is 5.78 Å². The van der Waals surface area contributed by atoms with Crippen molar-refractivity contribution in [3.05, 3.63) is 77.4 Å². The maximum atomic E-state index is 14.0. The molecule has 112 valence electrons. The predicted octanol–water partition coefficient (Wildman–Crippen LogP) is 4.86. The van der Waals surface area contributed by atoms with Gasteiger partial charge in [0.05, 0.1) is 5.69 Å². The van der Waals surface area contributed by atoms with Gasteiger partial charge in [-0.05, 0) is 11.6 Å². The Morgan fingerprint density at radius 3 is 2.48 bits per heavy atom. The molecule has 0 aliphatic rings. The first kappa shape index (κ1) is 13.8. The van der Waals surface area contributed by atoms with Crippen LogP contribution >= 0.6 is 12.2 Å². The predicted molar refractivity (Wildman–Crippen MR) is 91.2 cm³/mol. The number of aromatic amines is 1. The van der Waals surface area contributed by atoms with Gasteiger partial charge < -0.3 is 4.98 Å². The fraction of sp³-hybridized carbons (Fsp3) is 0. The molecular formula is C18H12FN3S. The summed E-state index contributed by atoms with van der Waals surface area (Å²) in [5, 5.41) is 0. The van der Waals surface area contributed by atoms with Crippen molar-refractivity contribution in [1.29, 1.82) is 0 Å². The number of aromatic nitrogens is 3. The summed E-state index contributed by atoms with van der Waals surface area (Å²) in [6, 6.07) is 16.5. The topological polar surface area (TPSA) is 33.1 Å². The van der Waals surface area contributed by atoms with E-state index in [9.17, 15) is 4.39 Å². The Bertz CT molecular complexity index is 1050. The van der Waals surface area contributed by atoms with Gasteiger partial charge in [0.1, 0.15) is 10.5 Å². The average molecular weight is 321 g/mol. The minimum atomic E-state index is -0.306. The molecule has 4 aromatic rings. The van der Waals surface area contributed by atoms with Gasteiger partial charge >= 0.3 is 0 Å². The summed E-state index contributed by atoms with van der Waals surface area (Å²) >= 11 is 5.53. The molecule has 0 radical (unpaired) electrons. The summed E-state index contributed by atoms with van der Waals surface area (Å²) in [5.74, 6) is 0.327. The largest absolute Gasteiger partial charge is 0.323 e. The van der Waals surface area contributed by atoms with Crippen molar-refractivity contribution in [2.45, 2.75) is 0 Å². The second kappa shape index (κ2) is 5.44. The van der Waals surface area contributed by atoms with Crippen LogP contribution in [0.15, 0.2) is 67.0 Å². The zero-order chi connectivity index (χ0) is 15.8. The molecule has 23 heavy (non-hydrogen) atoms. The molecule has 2 aromatic heterocycles. The van der Waals surface area contributed by atoms with Crippen molar-refractivity contribution < 1.29 is 4.39 Å². The van der Waals surface area contributed by atoms with Crippen molar-refractivity contribution in [2.24, 2.45) is 0 Å². The van der Waals surface area contributed by atoms with Crippen molar-refractivity contribution in [1.82, 2.24) is 14.4 Å². The Morgan fingerprint density at radius 1 is 0.957 bits per heavy atom. The highest BCUT2D eigenvalue weighted by Gasteiger charge is 2.11. The van der Waals surface area contributed by atoms with Gasteiger partial charge in [-0.1, -0.05) is 60.7 Å². The fourth-order valence-corrected chi connectivity index (χ4v) is 2.89. The first-order valence-corrected chi connectivity index (χ1v) is 7.55. The molecule has 2 aromatic carbocycles. The molecule has 1 N–H and O–H groups in total. The monoisotopic (exact) mass is 321 g/mol. The highest BCUT2D eigenvalue weighted by Crippen LogP contribution is 2.25. The SMILES string of the molecule is Fc1ccccc1-c1cnc2[nH]c(-c3ccccc3)cn2c1=S. The van der Waals surface area contributed by atoms with Crippen LogP contribution in [-0.2, 0) is 0 Å². The van der Waals surface area contributed by atoms with Crippen LogP contribution in [0.25, 0.3) is 28.2 Å². The molecule has 0 saturated heterocycles. The number of hydrogen-bond acceptors (Lipinski definition) is 2. The van der Waals surface area contributed by atoms with E-state index in [0.29, 0.717) is 21.5 Å². The Hall–Kier alpha value is -2.79. The van der Waals surface area contributed by atoms with E-state index >= 15 is 0 Å². The van der Waals surface area contributed by atoms with E-state index in [2.05, 4.69) is 9.97 Å². The molecule has 3 nitrogen and oxygen atoms in total. The zero-order valence-electron chi connectivity index (χ0n) is 12.0. The quantitative estimate of drug-likeness (QED) is 0.535. The minimum Gasteiger partial charge on any atom is -0.323 e. The second-order valence-corrected chi connectivity index (χ2v) is 5.57. The Balaban J connectivity index is 1.93. The number of hydrogen-bond donors (Lipinski definition) is 1. The van der Waals surface area contributed by atoms with Crippen molar-refractivity contribution in [3.63, 3.8) is 0 Å². The smallest absolute Gasteiger partial charge is 0.212 e. The fourth-order valence-electron chi connectivity index (χ4n) is 2.59. The van der Waals surface area contributed by atoms with E-state index in [-0.39, 0.29) is 5.82 Å². The molecule has 0 saturated carbocycles. The molecule has 0 aliphatic heterocycles. The molecule has 0 spiro atoms. The summed E-state index contributed by atoms with van der Waals surface area (Å²) in [6.07, 6.45) is 3.51. The molecule has 0 amide bonds. The average Bonchev–Trinajstić information content (AvgIpc) is 3.02. The minimum absolute atomic E-state index is 0.306. The number of benzene rings is 2. The van der Waals surface area contributed by atoms with Crippen LogP contribution in [-0.4, -0.2) is 14.4 Å². The number of imidazole rings is 1. The summed E-state index contributed by atoms with van der Waals surface area (Å²) in [4.78, 5) is 7.62. The maximum absolute atomic E-state index is 14.0. The summed E-state index contributed by atoms with van der Waals surface area (Å²) in [7, 11) is 0. The van der Waals surface area contributed by atoms with Crippen LogP contribution in [0.5, 0.6) is 0 Å². The first-order chi connectivity index (χ1) is 11.2. The van der Waals surface area contributed by atoms with Gasteiger partial charge in [0, 0.05) is 23.5 Å². The molecule has 0 unspecified atom stereocenters. The highest BCUT2D eigenvalue weighted by molar-refractivity contribution is 7.71. The lowest BCUT2D eigenvalue weighted by Gasteiger charge is -2.04. The molecule has 4 rings (SSSR count). The number of fused-ring (bicyclic) bond motifs is 1. The van der Waals surface area contributed by atoms with E-state index < -0.39 is 0 Å². The van der Waals surface area contributed by atoms with Crippen molar-refractivity contribution in [3.8, 4) is 22.4 Å². The number of nitrogens with one attached hydrogen (secondary N) is 1. The third kappa shape index (κ3) is 2.35. The molecule has 0 bridgehead atoms. The molecule has 0 aliphatic carbocycles. The lowest BCUT2D eigenvalue weighted by molar-refractivity contribution is 0.631. The van der Waals surface area contributed by atoms with Crippen LogP contribution in [0.2, 0.25) is 0 Å². The third-order valence-electron chi connectivity index (χ3n) is 3.75. The first-order valence-electron chi connectivity index (χ1n) is 7.15. The summed E-state index contributed by atoms with van der Waals surface area (Å²) < 4.78 is 16.3. The number of halogens is 1. The normalized spacial score (nSPS) is 11.0. The van der Waals surface area contributed by atoms with Crippen LogP contribution < -0.4 is 0 Å². The zero-order valence-corrected chi connectivity index (χ0v) is 12.8. The number of H-pyrrole nitrogens is 1.